The van der Waals surface area contributed by atoms with Crippen LogP contribution in [0.5, 0.6) is 0 Å². The van der Waals surface area contributed by atoms with Crippen molar-refractivity contribution in [1.29, 1.82) is 0 Å². The van der Waals surface area contributed by atoms with E-state index < -0.39 is 23.7 Å². The van der Waals surface area contributed by atoms with Gasteiger partial charge in [0.15, 0.2) is 0 Å². The van der Waals surface area contributed by atoms with E-state index in [-0.39, 0.29) is 0 Å². The molecule has 0 aliphatic rings. The van der Waals surface area contributed by atoms with Crippen LogP contribution in [0.4, 0.5) is 4.79 Å². The van der Waals surface area contributed by atoms with Gasteiger partial charge in [0.2, 0.25) is 0 Å². The molecule has 0 aliphatic carbocycles. The summed E-state index contributed by atoms with van der Waals surface area (Å²) >= 11 is 0. The van der Waals surface area contributed by atoms with Crippen LogP contribution in [0.2, 0.25) is 0 Å². The molecule has 0 spiro atoms. The number of amides is 1. The number of hydrogen-bond acceptors (Lipinski definition) is 4. The fourth-order valence-electron chi connectivity index (χ4n) is 1.67. The molecule has 122 valence electrons. The first kappa shape index (κ1) is 19.5. The summed E-state index contributed by atoms with van der Waals surface area (Å²) in [6.45, 7) is 7.46. The van der Waals surface area contributed by atoms with Crippen LogP contribution in [-0.4, -0.2) is 30.8 Å². The number of esters is 1. The molecule has 0 radical (unpaired) electrons. The lowest BCUT2D eigenvalue weighted by atomic mass is 10.1. The molecular formula is C16H29NO4. The summed E-state index contributed by atoms with van der Waals surface area (Å²) < 4.78 is 9.81. The molecule has 0 aromatic rings. The van der Waals surface area contributed by atoms with Gasteiger partial charge in [-0.05, 0) is 33.6 Å². The van der Waals surface area contributed by atoms with Gasteiger partial charge in [0, 0.05) is 0 Å². The molecule has 1 unspecified atom stereocenters. The van der Waals surface area contributed by atoms with Crippen molar-refractivity contribution in [2.75, 3.05) is 7.11 Å². The maximum absolute atomic E-state index is 11.7. The van der Waals surface area contributed by atoms with Gasteiger partial charge in [-0.25, -0.2) is 9.59 Å². The second-order valence-electron chi connectivity index (χ2n) is 5.92. The summed E-state index contributed by atoms with van der Waals surface area (Å²) in [6, 6.07) is -0.809. The van der Waals surface area contributed by atoms with E-state index >= 15 is 0 Å². The molecule has 0 saturated heterocycles. The summed E-state index contributed by atoms with van der Waals surface area (Å²) in [6.07, 6.45) is 8.45. The van der Waals surface area contributed by atoms with Gasteiger partial charge in [0.05, 0.1) is 7.11 Å². The third kappa shape index (κ3) is 10.9. The fourth-order valence-corrected chi connectivity index (χ4v) is 1.67. The predicted octanol–water partition coefficient (Wildman–Crippen LogP) is 3.58. The van der Waals surface area contributed by atoms with Crippen LogP contribution in [0.1, 0.15) is 59.8 Å². The second-order valence-corrected chi connectivity index (χ2v) is 5.92. The van der Waals surface area contributed by atoms with Crippen molar-refractivity contribution >= 4 is 12.1 Å². The van der Waals surface area contributed by atoms with Gasteiger partial charge in [-0.15, -0.1) is 0 Å². The van der Waals surface area contributed by atoms with Crippen molar-refractivity contribution in [2.24, 2.45) is 0 Å². The largest absolute Gasteiger partial charge is 0.467 e. The highest BCUT2D eigenvalue weighted by Gasteiger charge is 2.22. The van der Waals surface area contributed by atoms with Crippen molar-refractivity contribution < 1.29 is 19.1 Å². The Balaban J connectivity index is 4.36. The minimum atomic E-state index is -0.809. The van der Waals surface area contributed by atoms with Gasteiger partial charge >= 0.3 is 12.1 Å². The molecule has 0 fully saturated rings. The van der Waals surface area contributed by atoms with E-state index in [0.717, 1.165) is 12.8 Å². The average Bonchev–Trinajstić information content (AvgIpc) is 2.38. The number of ether oxygens (including phenoxy) is 2. The summed E-state index contributed by atoms with van der Waals surface area (Å²) in [5, 5.41) is 2.50. The van der Waals surface area contributed by atoms with Crippen LogP contribution in [0.25, 0.3) is 0 Å². The van der Waals surface area contributed by atoms with Crippen molar-refractivity contribution in [3.05, 3.63) is 12.2 Å². The lowest BCUT2D eigenvalue weighted by Crippen LogP contribution is -2.42. The molecule has 0 bridgehead atoms. The molecule has 5 nitrogen and oxygen atoms in total. The lowest BCUT2D eigenvalue weighted by molar-refractivity contribution is -0.141. The molecule has 5 heteroatoms. The molecule has 0 aliphatic heterocycles. The first-order valence-corrected chi connectivity index (χ1v) is 7.54. The SMILES string of the molecule is CCCCCC/C=C/C(NC(=O)OC(C)(C)C)C(=O)OC. The van der Waals surface area contributed by atoms with Crippen LogP contribution in [0, 0.1) is 0 Å². The number of allylic oxidation sites excluding steroid dienone is 1. The number of nitrogens with one attached hydrogen (secondary N) is 1. The van der Waals surface area contributed by atoms with E-state index in [2.05, 4.69) is 17.0 Å². The van der Waals surface area contributed by atoms with E-state index in [0.29, 0.717) is 0 Å². The maximum Gasteiger partial charge on any atom is 0.408 e. The van der Waals surface area contributed by atoms with Crippen LogP contribution in [0.15, 0.2) is 12.2 Å². The molecule has 0 aromatic carbocycles. The highest BCUT2D eigenvalue weighted by atomic mass is 16.6. The number of carbonyl (C=O) groups excluding carboxylic acids is 2. The van der Waals surface area contributed by atoms with E-state index in [1.165, 1.54) is 26.4 Å². The van der Waals surface area contributed by atoms with Crippen LogP contribution >= 0.6 is 0 Å². The van der Waals surface area contributed by atoms with Gasteiger partial charge in [0.25, 0.3) is 0 Å². The third-order valence-corrected chi connectivity index (χ3v) is 2.68. The smallest absolute Gasteiger partial charge is 0.408 e. The highest BCUT2D eigenvalue weighted by Crippen LogP contribution is 2.08. The van der Waals surface area contributed by atoms with E-state index in [1.807, 2.05) is 6.08 Å². The fraction of sp³-hybridized carbons (Fsp3) is 0.750. The Morgan fingerprint density at radius 1 is 1.19 bits per heavy atom. The molecule has 0 aromatic heterocycles. The van der Waals surface area contributed by atoms with Crippen molar-refractivity contribution in [3.8, 4) is 0 Å². The standard InChI is InChI=1S/C16H29NO4/c1-6-7-8-9-10-11-12-13(14(18)20-5)17-15(19)21-16(2,3)4/h11-13H,6-10H2,1-5H3,(H,17,19)/b12-11+. The molecule has 0 saturated carbocycles. The Morgan fingerprint density at radius 2 is 1.86 bits per heavy atom. The molecular weight excluding hydrogens is 270 g/mol. The van der Waals surface area contributed by atoms with Crippen LogP contribution < -0.4 is 5.32 Å². The Morgan fingerprint density at radius 3 is 2.38 bits per heavy atom. The van der Waals surface area contributed by atoms with Gasteiger partial charge in [-0.2, -0.15) is 0 Å². The Bertz CT molecular complexity index is 345. The van der Waals surface area contributed by atoms with Crippen molar-refractivity contribution in [1.82, 2.24) is 5.32 Å². The summed E-state index contributed by atoms with van der Waals surface area (Å²) in [5.74, 6) is -0.509. The number of hydrogen-bond donors (Lipinski definition) is 1. The topological polar surface area (TPSA) is 64.6 Å². The van der Waals surface area contributed by atoms with Crippen molar-refractivity contribution in [2.45, 2.75) is 71.4 Å². The normalized spacial score (nSPS) is 13.0. The summed E-state index contributed by atoms with van der Waals surface area (Å²) in [4.78, 5) is 23.3. The van der Waals surface area contributed by atoms with Gasteiger partial charge in [0.1, 0.15) is 11.6 Å². The first-order valence-electron chi connectivity index (χ1n) is 7.54. The molecule has 1 N–H and O–H groups in total. The monoisotopic (exact) mass is 299 g/mol. The lowest BCUT2D eigenvalue weighted by Gasteiger charge is -2.21. The Kier molecular flexibility index (Phi) is 9.50. The molecule has 1 amide bonds. The van der Waals surface area contributed by atoms with E-state index in [4.69, 9.17) is 4.74 Å². The van der Waals surface area contributed by atoms with Crippen LogP contribution in [0.3, 0.4) is 0 Å². The zero-order valence-corrected chi connectivity index (χ0v) is 13.9. The van der Waals surface area contributed by atoms with E-state index in [9.17, 15) is 9.59 Å². The first-order chi connectivity index (χ1) is 9.80. The number of rotatable bonds is 8. The number of alkyl carbamates (subject to hydrolysis) is 1. The third-order valence-electron chi connectivity index (χ3n) is 2.68. The van der Waals surface area contributed by atoms with Crippen LogP contribution in [-0.2, 0) is 14.3 Å². The average molecular weight is 299 g/mol. The van der Waals surface area contributed by atoms with Gasteiger partial charge in [-0.1, -0.05) is 38.3 Å². The van der Waals surface area contributed by atoms with Gasteiger partial charge < -0.3 is 14.8 Å². The molecule has 0 rings (SSSR count). The molecule has 0 heterocycles. The number of unbranched alkanes of at least 4 members (excludes halogenated alkanes) is 4. The number of carbonyl (C=O) groups is 2. The maximum atomic E-state index is 11.7. The molecule has 1 atom stereocenters. The minimum Gasteiger partial charge on any atom is -0.467 e. The van der Waals surface area contributed by atoms with Crippen molar-refractivity contribution in [3.63, 3.8) is 0 Å². The van der Waals surface area contributed by atoms with E-state index in [1.54, 1.807) is 26.8 Å². The summed E-state index contributed by atoms with van der Waals surface area (Å²) in [5.41, 5.74) is -0.603. The predicted molar refractivity (Wildman–Crippen MR) is 83.1 cm³/mol. The van der Waals surface area contributed by atoms with Gasteiger partial charge in [-0.3, -0.25) is 0 Å². The second kappa shape index (κ2) is 10.2. The molecule has 21 heavy (non-hydrogen) atoms. The zero-order chi connectivity index (χ0) is 16.3. The zero-order valence-electron chi connectivity index (χ0n) is 13.9. The Labute approximate surface area is 128 Å². The summed E-state index contributed by atoms with van der Waals surface area (Å²) in [7, 11) is 1.29. The highest BCUT2D eigenvalue weighted by molar-refractivity contribution is 5.83. The number of methoxy groups -OCH3 is 1. The minimum absolute atomic E-state index is 0.509. The quantitative estimate of drug-likeness (QED) is 0.423. The Hall–Kier alpha value is -1.52.